The predicted molar refractivity (Wildman–Crippen MR) is 74.0 cm³/mol. The molecule has 1 amide bonds. The molecule has 3 N–H and O–H groups in total. The first kappa shape index (κ1) is 15.0. The SMILES string of the molecule is Cc1ccc(Cl)cc1NC(=O)CNCC(C)(C)O. The van der Waals surface area contributed by atoms with Crippen LogP contribution in [-0.2, 0) is 4.79 Å². The van der Waals surface area contributed by atoms with Crippen molar-refractivity contribution < 1.29 is 9.90 Å². The Balaban J connectivity index is 2.47. The molecule has 1 aromatic carbocycles. The summed E-state index contributed by atoms with van der Waals surface area (Å²) in [5.74, 6) is -0.162. The fourth-order valence-electron chi connectivity index (χ4n) is 1.41. The first-order chi connectivity index (χ1) is 8.28. The van der Waals surface area contributed by atoms with Crippen LogP contribution in [0.3, 0.4) is 0 Å². The molecule has 1 aromatic rings. The number of aliphatic hydroxyl groups is 1. The van der Waals surface area contributed by atoms with Crippen molar-refractivity contribution in [1.82, 2.24) is 5.32 Å². The van der Waals surface area contributed by atoms with Gasteiger partial charge >= 0.3 is 0 Å². The van der Waals surface area contributed by atoms with E-state index in [4.69, 9.17) is 11.6 Å². The molecule has 0 bridgehead atoms. The number of hydrogen-bond acceptors (Lipinski definition) is 3. The molecule has 0 atom stereocenters. The lowest BCUT2D eigenvalue weighted by atomic mass is 10.1. The minimum Gasteiger partial charge on any atom is -0.389 e. The van der Waals surface area contributed by atoms with E-state index < -0.39 is 5.60 Å². The third-order valence-electron chi connectivity index (χ3n) is 2.32. The Kier molecular flexibility index (Phi) is 5.14. The third-order valence-corrected chi connectivity index (χ3v) is 2.55. The smallest absolute Gasteiger partial charge is 0.238 e. The molecule has 18 heavy (non-hydrogen) atoms. The lowest BCUT2D eigenvalue weighted by molar-refractivity contribution is -0.115. The van der Waals surface area contributed by atoms with E-state index in [2.05, 4.69) is 10.6 Å². The van der Waals surface area contributed by atoms with E-state index in [1.165, 1.54) is 0 Å². The number of carbonyl (C=O) groups excluding carboxylic acids is 1. The Morgan fingerprint density at radius 3 is 2.72 bits per heavy atom. The summed E-state index contributed by atoms with van der Waals surface area (Å²) in [6.45, 7) is 5.76. The molecule has 0 aliphatic rings. The highest BCUT2D eigenvalue weighted by Gasteiger charge is 2.12. The maximum absolute atomic E-state index is 11.7. The van der Waals surface area contributed by atoms with Gasteiger partial charge in [0.1, 0.15) is 0 Å². The summed E-state index contributed by atoms with van der Waals surface area (Å²) in [4.78, 5) is 11.7. The average Bonchev–Trinajstić information content (AvgIpc) is 2.21. The summed E-state index contributed by atoms with van der Waals surface area (Å²) in [6.07, 6.45) is 0. The van der Waals surface area contributed by atoms with Crippen molar-refractivity contribution in [2.24, 2.45) is 0 Å². The summed E-state index contributed by atoms with van der Waals surface area (Å²) in [5, 5.41) is 15.7. The zero-order chi connectivity index (χ0) is 13.8. The molecule has 0 aliphatic carbocycles. The molecule has 1 rings (SSSR count). The van der Waals surface area contributed by atoms with Crippen LogP contribution in [-0.4, -0.2) is 29.7 Å². The van der Waals surface area contributed by atoms with Gasteiger partial charge in [0.05, 0.1) is 12.1 Å². The highest BCUT2D eigenvalue weighted by atomic mass is 35.5. The molecule has 0 radical (unpaired) electrons. The van der Waals surface area contributed by atoms with Crippen molar-refractivity contribution in [3.05, 3.63) is 28.8 Å². The molecule has 0 aliphatic heterocycles. The Hall–Kier alpha value is -1.10. The second kappa shape index (κ2) is 6.18. The van der Waals surface area contributed by atoms with Gasteiger partial charge in [-0.3, -0.25) is 4.79 Å². The van der Waals surface area contributed by atoms with Crippen molar-refractivity contribution in [3.8, 4) is 0 Å². The van der Waals surface area contributed by atoms with Gasteiger partial charge in [0.2, 0.25) is 5.91 Å². The quantitative estimate of drug-likeness (QED) is 0.766. The molecular weight excluding hydrogens is 252 g/mol. The Labute approximate surface area is 112 Å². The fourth-order valence-corrected chi connectivity index (χ4v) is 1.58. The predicted octanol–water partition coefficient (Wildman–Crippen LogP) is 1.95. The van der Waals surface area contributed by atoms with Crippen LogP contribution in [0.1, 0.15) is 19.4 Å². The second-order valence-corrected chi connectivity index (χ2v) is 5.36. The summed E-state index contributed by atoms with van der Waals surface area (Å²) in [7, 11) is 0. The molecule has 0 heterocycles. The van der Waals surface area contributed by atoms with E-state index in [0.29, 0.717) is 17.3 Å². The number of anilines is 1. The summed E-state index contributed by atoms with van der Waals surface area (Å²) < 4.78 is 0. The topological polar surface area (TPSA) is 61.4 Å². The highest BCUT2D eigenvalue weighted by molar-refractivity contribution is 6.31. The number of rotatable bonds is 5. The molecule has 0 saturated carbocycles. The number of benzene rings is 1. The van der Waals surface area contributed by atoms with Gasteiger partial charge in [-0.25, -0.2) is 0 Å². The van der Waals surface area contributed by atoms with Crippen LogP contribution in [0.4, 0.5) is 5.69 Å². The van der Waals surface area contributed by atoms with Gasteiger partial charge in [-0.2, -0.15) is 0 Å². The fraction of sp³-hybridized carbons (Fsp3) is 0.462. The molecule has 5 heteroatoms. The lowest BCUT2D eigenvalue weighted by Crippen LogP contribution is -2.38. The number of halogens is 1. The summed E-state index contributed by atoms with van der Waals surface area (Å²) in [5.41, 5.74) is 0.833. The maximum Gasteiger partial charge on any atom is 0.238 e. The normalized spacial score (nSPS) is 11.4. The zero-order valence-corrected chi connectivity index (χ0v) is 11.6. The maximum atomic E-state index is 11.7. The monoisotopic (exact) mass is 270 g/mol. The van der Waals surface area contributed by atoms with Crippen molar-refractivity contribution >= 4 is 23.2 Å². The van der Waals surface area contributed by atoms with Crippen LogP contribution in [0.25, 0.3) is 0 Å². The number of amides is 1. The van der Waals surface area contributed by atoms with E-state index in [1.54, 1.807) is 26.0 Å². The highest BCUT2D eigenvalue weighted by Crippen LogP contribution is 2.19. The van der Waals surface area contributed by atoms with Gasteiger partial charge in [-0.1, -0.05) is 17.7 Å². The van der Waals surface area contributed by atoms with E-state index in [-0.39, 0.29) is 12.5 Å². The number of carbonyl (C=O) groups is 1. The second-order valence-electron chi connectivity index (χ2n) is 4.92. The van der Waals surface area contributed by atoms with E-state index in [1.807, 2.05) is 13.0 Å². The Bertz CT molecular complexity index is 427. The lowest BCUT2D eigenvalue weighted by Gasteiger charge is -2.17. The Morgan fingerprint density at radius 1 is 1.44 bits per heavy atom. The molecule has 0 saturated heterocycles. The van der Waals surface area contributed by atoms with Crippen molar-refractivity contribution in [1.29, 1.82) is 0 Å². The van der Waals surface area contributed by atoms with E-state index in [0.717, 1.165) is 5.56 Å². The zero-order valence-electron chi connectivity index (χ0n) is 10.9. The minimum atomic E-state index is -0.827. The van der Waals surface area contributed by atoms with E-state index >= 15 is 0 Å². The van der Waals surface area contributed by atoms with Crippen molar-refractivity contribution in [2.45, 2.75) is 26.4 Å². The van der Waals surface area contributed by atoms with Gasteiger partial charge in [-0.15, -0.1) is 0 Å². The number of hydrogen-bond donors (Lipinski definition) is 3. The van der Waals surface area contributed by atoms with Gasteiger partial charge in [0.25, 0.3) is 0 Å². The summed E-state index contributed by atoms with van der Waals surface area (Å²) >= 11 is 5.86. The van der Waals surface area contributed by atoms with Gasteiger partial charge in [0.15, 0.2) is 0 Å². The largest absolute Gasteiger partial charge is 0.389 e. The molecule has 0 fully saturated rings. The summed E-state index contributed by atoms with van der Waals surface area (Å²) in [6, 6.07) is 5.34. The Morgan fingerprint density at radius 2 is 2.11 bits per heavy atom. The van der Waals surface area contributed by atoms with E-state index in [9.17, 15) is 9.90 Å². The van der Waals surface area contributed by atoms with Crippen molar-refractivity contribution in [2.75, 3.05) is 18.4 Å². The molecule has 4 nitrogen and oxygen atoms in total. The standard InChI is InChI=1S/C13H19ClN2O2/c1-9-4-5-10(14)6-11(9)16-12(17)7-15-8-13(2,3)18/h4-6,15,18H,7-8H2,1-3H3,(H,16,17). The molecule has 0 aromatic heterocycles. The van der Waals surface area contributed by atoms with Gasteiger partial charge < -0.3 is 15.7 Å². The third kappa shape index (κ3) is 5.49. The number of aryl methyl sites for hydroxylation is 1. The molecule has 100 valence electrons. The molecular formula is C13H19ClN2O2. The average molecular weight is 271 g/mol. The molecule has 0 unspecified atom stereocenters. The van der Waals surface area contributed by atoms with Crippen molar-refractivity contribution in [3.63, 3.8) is 0 Å². The van der Waals surface area contributed by atoms with Crippen LogP contribution < -0.4 is 10.6 Å². The van der Waals surface area contributed by atoms with Gasteiger partial charge in [0, 0.05) is 17.3 Å². The van der Waals surface area contributed by atoms with Crippen LogP contribution in [0, 0.1) is 6.92 Å². The number of nitrogens with one attached hydrogen (secondary N) is 2. The van der Waals surface area contributed by atoms with Crippen LogP contribution in [0.5, 0.6) is 0 Å². The first-order valence-electron chi connectivity index (χ1n) is 5.77. The molecule has 0 spiro atoms. The van der Waals surface area contributed by atoms with Gasteiger partial charge in [-0.05, 0) is 38.5 Å². The van der Waals surface area contributed by atoms with Crippen LogP contribution >= 0.6 is 11.6 Å². The van der Waals surface area contributed by atoms with Crippen LogP contribution in [0.2, 0.25) is 5.02 Å². The minimum absolute atomic E-state index is 0.149. The first-order valence-corrected chi connectivity index (χ1v) is 6.15. The van der Waals surface area contributed by atoms with Crippen LogP contribution in [0.15, 0.2) is 18.2 Å².